The molecule has 3 heteroatoms. The predicted molar refractivity (Wildman–Crippen MR) is 237 cm³/mol. The maximum Gasteiger partial charge on any atom is 0.200 e. The first-order valence-corrected chi connectivity index (χ1v) is 22.8. The van der Waals surface area contributed by atoms with Crippen molar-refractivity contribution in [3.8, 4) is 6.07 Å². The summed E-state index contributed by atoms with van der Waals surface area (Å²) in [5, 5.41) is 10.8. The van der Waals surface area contributed by atoms with Gasteiger partial charge in [-0.2, -0.15) is 5.26 Å². The predicted octanol–water partition coefficient (Wildman–Crippen LogP) is 15.2. The summed E-state index contributed by atoms with van der Waals surface area (Å²) in [6.07, 6.45) is 36.6. The highest BCUT2D eigenvalue weighted by Gasteiger charge is 2.24. The van der Waals surface area contributed by atoms with Crippen molar-refractivity contribution < 1.29 is 4.58 Å². The van der Waals surface area contributed by atoms with E-state index in [1.807, 2.05) is 0 Å². The number of hydrogen-bond acceptors (Lipinski definition) is 2. The number of benzene rings is 1. The van der Waals surface area contributed by atoms with Crippen LogP contribution < -0.4 is 4.90 Å². The Kier molecular flexibility index (Phi) is 25.3. The highest BCUT2D eigenvalue weighted by atomic mass is 15.1. The summed E-state index contributed by atoms with van der Waals surface area (Å²) in [5.74, 6) is 0. The van der Waals surface area contributed by atoms with E-state index in [4.69, 9.17) is 0 Å². The average molecular weight is 727 g/mol. The van der Waals surface area contributed by atoms with Crippen LogP contribution in [0.15, 0.2) is 41.0 Å². The second-order valence-corrected chi connectivity index (χ2v) is 16.4. The van der Waals surface area contributed by atoms with Crippen LogP contribution in [-0.2, 0) is 0 Å². The second kappa shape index (κ2) is 28.8. The van der Waals surface area contributed by atoms with E-state index >= 15 is 0 Å². The van der Waals surface area contributed by atoms with E-state index in [1.165, 1.54) is 188 Å². The van der Waals surface area contributed by atoms with E-state index in [0.717, 1.165) is 42.9 Å². The van der Waals surface area contributed by atoms with Crippen molar-refractivity contribution >= 4 is 17.0 Å². The molecule has 3 nitrogen and oxygen atoms in total. The van der Waals surface area contributed by atoms with Crippen LogP contribution in [0.2, 0.25) is 0 Å². The standard InChI is InChI=1S/C50H84N3/c1-9-13-17-21-25-29-33-52(34-30-26-22-18-14-10-2)46-37-42(5)49(43(6)38-46)48(41-51)50-44(7)39-47(40-45(50)8)53(35-31-27-23-19-15-11-3)36-32-28-24-20-16-12-4/h37-40H,9-36H2,1-8H3/q+1. The fraction of sp³-hybridized carbons (Fsp3) is 0.720. The Morgan fingerprint density at radius 2 is 0.887 bits per heavy atom. The first-order chi connectivity index (χ1) is 25.8. The number of anilines is 1. The van der Waals surface area contributed by atoms with Gasteiger partial charge in [0.15, 0.2) is 5.71 Å². The van der Waals surface area contributed by atoms with Gasteiger partial charge in [0.05, 0.1) is 5.57 Å². The zero-order valence-corrected chi connectivity index (χ0v) is 36.5. The molecule has 0 spiro atoms. The van der Waals surface area contributed by atoms with E-state index in [2.05, 4.69) is 95.2 Å². The van der Waals surface area contributed by atoms with Gasteiger partial charge in [-0.3, -0.25) is 0 Å². The van der Waals surface area contributed by atoms with Crippen molar-refractivity contribution in [1.29, 1.82) is 5.26 Å². The molecule has 0 bridgehead atoms. The first-order valence-electron chi connectivity index (χ1n) is 22.8. The normalized spacial score (nSPS) is 12.9. The van der Waals surface area contributed by atoms with Gasteiger partial charge in [0, 0.05) is 43.8 Å². The molecule has 0 N–H and O–H groups in total. The van der Waals surface area contributed by atoms with Crippen LogP contribution >= 0.6 is 0 Å². The second-order valence-electron chi connectivity index (χ2n) is 16.4. The molecule has 0 fully saturated rings. The maximum absolute atomic E-state index is 10.8. The molecule has 298 valence electrons. The maximum atomic E-state index is 10.8. The van der Waals surface area contributed by atoms with Crippen LogP contribution in [0.1, 0.15) is 212 Å². The molecule has 2 rings (SSSR count). The number of rotatable bonds is 30. The molecule has 0 radical (unpaired) electrons. The fourth-order valence-electron chi connectivity index (χ4n) is 8.34. The van der Waals surface area contributed by atoms with Gasteiger partial charge < -0.3 is 4.90 Å². The lowest BCUT2D eigenvalue weighted by Crippen LogP contribution is -2.26. The zero-order chi connectivity index (χ0) is 38.7. The van der Waals surface area contributed by atoms with Crippen LogP contribution in [0.4, 0.5) is 5.69 Å². The number of nitriles is 1. The molecular weight excluding hydrogens is 643 g/mol. The Bertz CT molecular complexity index is 1250. The summed E-state index contributed by atoms with van der Waals surface area (Å²) in [7, 11) is 0. The molecular formula is C50H84N3+. The lowest BCUT2D eigenvalue weighted by Gasteiger charge is -2.27. The van der Waals surface area contributed by atoms with E-state index < -0.39 is 0 Å². The molecule has 0 saturated heterocycles. The molecule has 0 heterocycles. The zero-order valence-electron chi connectivity index (χ0n) is 36.5. The Morgan fingerprint density at radius 1 is 0.528 bits per heavy atom. The monoisotopic (exact) mass is 727 g/mol. The lowest BCUT2D eigenvalue weighted by molar-refractivity contribution is -0.527. The van der Waals surface area contributed by atoms with Gasteiger partial charge in [0.25, 0.3) is 0 Å². The molecule has 0 saturated carbocycles. The van der Waals surface area contributed by atoms with Gasteiger partial charge in [0.2, 0.25) is 0 Å². The number of unbranched alkanes of at least 4 members (excludes halogenated alkanes) is 20. The van der Waals surface area contributed by atoms with Crippen LogP contribution in [0.25, 0.3) is 5.57 Å². The van der Waals surface area contributed by atoms with E-state index in [-0.39, 0.29) is 0 Å². The van der Waals surface area contributed by atoms with Crippen molar-refractivity contribution in [3.05, 3.63) is 57.7 Å². The highest BCUT2D eigenvalue weighted by Crippen LogP contribution is 2.36. The SMILES string of the molecule is CCCCCCCCN(CCCCCCCC)c1cc(C)c(C(C#N)=C2C(C)=CC(=[N+](CCCCCCCC)CCCCCCCC)C=C2C)c(C)c1. The Balaban J connectivity index is 2.37. The summed E-state index contributed by atoms with van der Waals surface area (Å²) in [4.78, 5) is 2.66. The largest absolute Gasteiger partial charge is 0.372 e. The van der Waals surface area contributed by atoms with Crippen molar-refractivity contribution in [2.75, 3.05) is 31.1 Å². The first kappa shape index (κ1) is 46.6. The van der Waals surface area contributed by atoms with Gasteiger partial charge >= 0.3 is 0 Å². The quantitative estimate of drug-likeness (QED) is 0.0449. The third-order valence-electron chi connectivity index (χ3n) is 11.5. The fourth-order valence-corrected chi connectivity index (χ4v) is 8.34. The Morgan fingerprint density at radius 3 is 1.26 bits per heavy atom. The summed E-state index contributed by atoms with van der Waals surface area (Å²) in [6.45, 7) is 22.6. The Hall–Kier alpha value is -2.60. The van der Waals surface area contributed by atoms with Crippen molar-refractivity contribution in [3.63, 3.8) is 0 Å². The smallest absolute Gasteiger partial charge is 0.200 e. The van der Waals surface area contributed by atoms with Crippen molar-refractivity contribution in [2.24, 2.45) is 0 Å². The van der Waals surface area contributed by atoms with Crippen LogP contribution in [0.5, 0.6) is 0 Å². The molecule has 1 aliphatic rings. The minimum absolute atomic E-state index is 0.838. The van der Waals surface area contributed by atoms with Crippen LogP contribution in [0, 0.1) is 25.2 Å². The van der Waals surface area contributed by atoms with E-state index in [0.29, 0.717) is 0 Å². The number of allylic oxidation sites excluding steroid dienone is 6. The molecule has 53 heavy (non-hydrogen) atoms. The van der Waals surface area contributed by atoms with Crippen molar-refractivity contribution in [2.45, 2.75) is 209 Å². The molecule has 1 aliphatic carbocycles. The average Bonchev–Trinajstić information content (AvgIpc) is 3.14. The summed E-state index contributed by atoms with van der Waals surface area (Å²) in [6, 6.07) is 7.49. The number of nitrogens with zero attached hydrogens (tertiary/aromatic N) is 3. The number of hydrogen-bond donors (Lipinski definition) is 0. The van der Waals surface area contributed by atoms with Gasteiger partial charge in [0.1, 0.15) is 19.2 Å². The van der Waals surface area contributed by atoms with E-state index in [1.54, 1.807) is 0 Å². The molecule has 0 unspecified atom stereocenters. The third kappa shape index (κ3) is 17.6. The van der Waals surface area contributed by atoms with Crippen molar-refractivity contribution in [1.82, 2.24) is 0 Å². The summed E-state index contributed by atoms with van der Waals surface area (Å²) < 4.78 is 2.66. The molecule has 0 aromatic heterocycles. The van der Waals surface area contributed by atoms with Crippen LogP contribution in [0.3, 0.4) is 0 Å². The summed E-state index contributed by atoms with van der Waals surface area (Å²) >= 11 is 0. The van der Waals surface area contributed by atoms with Gasteiger partial charge in [-0.15, -0.1) is 0 Å². The minimum Gasteiger partial charge on any atom is -0.372 e. The molecule has 0 atom stereocenters. The molecule has 1 aromatic rings. The van der Waals surface area contributed by atoms with E-state index in [9.17, 15) is 5.26 Å². The lowest BCUT2D eigenvalue weighted by atomic mass is 9.84. The van der Waals surface area contributed by atoms with Crippen LogP contribution in [-0.4, -0.2) is 36.5 Å². The highest BCUT2D eigenvalue weighted by molar-refractivity contribution is 6.06. The summed E-state index contributed by atoms with van der Waals surface area (Å²) in [5.41, 5.74) is 10.7. The number of aryl methyl sites for hydroxylation is 2. The minimum atomic E-state index is 0.838. The van der Waals surface area contributed by atoms with Gasteiger partial charge in [-0.25, -0.2) is 4.58 Å². The Labute approximate surface area is 330 Å². The van der Waals surface area contributed by atoms with Gasteiger partial charge in [-0.05, 0) is 98.9 Å². The van der Waals surface area contributed by atoms with Gasteiger partial charge in [-0.1, -0.05) is 143 Å². The molecule has 1 aromatic carbocycles. The molecule has 0 aliphatic heterocycles. The third-order valence-corrected chi connectivity index (χ3v) is 11.5. The topological polar surface area (TPSA) is 30.0 Å². The molecule has 0 amide bonds.